The predicted molar refractivity (Wildman–Crippen MR) is 42.8 cm³/mol. The van der Waals surface area contributed by atoms with E-state index in [4.69, 9.17) is 5.11 Å². The fourth-order valence-corrected chi connectivity index (χ4v) is 1.18. The molecule has 0 spiro atoms. The van der Waals surface area contributed by atoms with E-state index in [1.54, 1.807) is 6.92 Å². The topological polar surface area (TPSA) is 104 Å². The Morgan fingerprint density at radius 1 is 1.31 bits per heavy atom. The number of carbonyl (C=O) groups is 2. The summed E-state index contributed by atoms with van der Waals surface area (Å²) in [5.74, 6) is -2.92. The summed E-state index contributed by atoms with van der Waals surface area (Å²) in [6.07, 6.45) is -0.629. The second-order valence-corrected chi connectivity index (χ2v) is 2.76. The van der Waals surface area contributed by atoms with E-state index >= 15 is 0 Å². The van der Waals surface area contributed by atoms with E-state index in [1.807, 2.05) is 0 Å². The molecule has 0 saturated carbocycles. The summed E-state index contributed by atoms with van der Waals surface area (Å²) in [5.41, 5.74) is 0. The standard InChI is InChI=1S/C8H15NO5.2Na/c1-2-9(3-4-10)6(8(13)14)5-7(11)12;;/h6,10H,2-5H2,1H3,(H,11,12)(H,13,14);;/q;2*+1/p-2. The van der Waals surface area contributed by atoms with Gasteiger partial charge in [0.2, 0.25) is 0 Å². The van der Waals surface area contributed by atoms with Crippen LogP contribution in [0, 0.1) is 0 Å². The van der Waals surface area contributed by atoms with Gasteiger partial charge in [-0.2, -0.15) is 0 Å². The van der Waals surface area contributed by atoms with Crippen LogP contribution in [0.3, 0.4) is 0 Å². The van der Waals surface area contributed by atoms with E-state index in [1.165, 1.54) is 4.90 Å². The maximum atomic E-state index is 10.6. The Morgan fingerprint density at radius 2 is 1.81 bits per heavy atom. The van der Waals surface area contributed by atoms with Crippen molar-refractivity contribution in [2.75, 3.05) is 19.7 Å². The monoisotopic (exact) mass is 249 g/mol. The number of likely N-dealkylation sites (N-methyl/N-ethyl adjacent to an activating group) is 1. The van der Waals surface area contributed by atoms with Crippen molar-refractivity contribution in [2.24, 2.45) is 0 Å². The zero-order valence-electron chi connectivity index (χ0n) is 9.93. The van der Waals surface area contributed by atoms with Crippen molar-refractivity contribution in [2.45, 2.75) is 19.4 Å². The van der Waals surface area contributed by atoms with E-state index in [0.717, 1.165) is 0 Å². The van der Waals surface area contributed by atoms with E-state index in [2.05, 4.69) is 0 Å². The van der Waals surface area contributed by atoms with Crippen molar-refractivity contribution < 1.29 is 84.0 Å². The summed E-state index contributed by atoms with van der Waals surface area (Å²) < 4.78 is 0. The third-order valence-corrected chi connectivity index (χ3v) is 1.87. The second kappa shape index (κ2) is 12.3. The largest absolute Gasteiger partial charge is 1.00 e. The Bertz CT molecular complexity index is 215. The van der Waals surface area contributed by atoms with Crippen LogP contribution in [0.4, 0.5) is 0 Å². The first kappa shape index (κ1) is 22.1. The van der Waals surface area contributed by atoms with Crippen molar-refractivity contribution in [3.05, 3.63) is 0 Å². The van der Waals surface area contributed by atoms with Crippen molar-refractivity contribution >= 4 is 11.9 Å². The number of hydrogen-bond donors (Lipinski definition) is 1. The summed E-state index contributed by atoms with van der Waals surface area (Å²) in [6, 6.07) is -1.24. The van der Waals surface area contributed by atoms with Gasteiger partial charge in [0, 0.05) is 18.9 Å². The molecule has 0 heterocycles. The first-order valence-electron chi connectivity index (χ1n) is 4.28. The molecule has 0 radical (unpaired) electrons. The number of carboxylic acids is 2. The Labute approximate surface area is 139 Å². The number of aliphatic hydroxyl groups excluding tert-OH is 1. The minimum Gasteiger partial charge on any atom is -0.550 e. The number of carboxylic acid groups (broad SMARTS) is 2. The molecule has 1 unspecified atom stereocenters. The maximum absolute atomic E-state index is 10.6. The van der Waals surface area contributed by atoms with Crippen LogP contribution in [0.2, 0.25) is 0 Å². The third-order valence-electron chi connectivity index (χ3n) is 1.87. The van der Waals surface area contributed by atoms with Crippen LogP contribution in [0.5, 0.6) is 0 Å². The molecule has 1 N–H and O–H groups in total. The van der Waals surface area contributed by atoms with Crippen LogP contribution in [0.25, 0.3) is 0 Å². The first-order chi connectivity index (χ1) is 6.52. The molecular weight excluding hydrogens is 236 g/mol. The van der Waals surface area contributed by atoms with Gasteiger partial charge in [-0.15, -0.1) is 0 Å². The van der Waals surface area contributed by atoms with Gasteiger partial charge in [0.15, 0.2) is 0 Å². The number of hydrogen-bond acceptors (Lipinski definition) is 6. The van der Waals surface area contributed by atoms with Crippen LogP contribution < -0.4 is 69.3 Å². The molecule has 0 rings (SSSR count). The molecule has 0 aromatic heterocycles. The van der Waals surface area contributed by atoms with Crippen LogP contribution >= 0.6 is 0 Å². The molecule has 0 aliphatic rings. The van der Waals surface area contributed by atoms with Crippen molar-refractivity contribution in [3.63, 3.8) is 0 Å². The molecule has 0 aromatic carbocycles. The Hall–Kier alpha value is 0.860. The summed E-state index contributed by atoms with van der Waals surface area (Å²) in [6.45, 7) is 1.86. The summed E-state index contributed by atoms with van der Waals surface area (Å²) in [5, 5.41) is 29.4. The van der Waals surface area contributed by atoms with E-state index in [9.17, 15) is 19.8 Å². The van der Waals surface area contributed by atoms with Crippen molar-refractivity contribution in [1.29, 1.82) is 0 Å². The van der Waals surface area contributed by atoms with Gasteiger partial charge in [-0.3, -0.25) is 4.90 Å². The van der Waals surface area contributed by atoms with Gasteiger partial charge in [0.25, 0.3) is 0 Å². The molecule has 1 atom stereocenters. The van der Waals surface area contributed by atoms with E-state index < -0.39 is 24.4 Å². The van der Waals surface area contributed by atoms with Gasteiger partial charge in [-0.1, -0.05) is 6.92 Å². The molecule has 16 heavy (non-hydrogen) atoms. The predicted octanol–water partition coefficient (Wildman–Crippen LogP) is -9.43. The fraction of sp³-hybridized carbons (Fsp3) is 0.750. The Balaban J connectivity index is -0.000000845. The summed E-state index contributed by atoms with van der Waals surface area (Å²) in [7, 11) is 0. The van der Waals surface area contributed by atoms with Crippen molar-refractivity contribution in [1.82, 2.24) is 4.90 Å². The molecule has 8 heteroatoms. The molecule has 0 aromatic rings. The minimum absolute atomic E-state index is 0. The van der Waals surface area contributed by atoms with Gasteiger partial charge in [0.05, 0.1) is 18.6 Å². The minimum atomic E-state index is -1.47. The second-order valence-electron chi connectivity index (χ2n) is 2.76. The smallest absolute Gasteiger partial charge is 0.550 e. The normalized spacial score (nSPS) is 11.2. The molecule has 82 valence electrons. The molecule has 0 saturated heterocycles. The number of aliphatic hydroxyl groups is 1. The third kappa shape index (κ3) is 8.95. The summed E-state index contributed by atoms with van der Waals surface area (Å²) >= 11 is 0. The van der Waals surface area contributed by atoms with Gasteiger partial charge in [-0.25, -0.2) is 0 Å². The molecule has 0 bridgehead atoms. The molecular formula is C8H13NNa2O5. The fourth-order valence-electron chi connectivity index (χ4n) is 1.18. The van der Waals surface area contributed by atoms with Gasteiger partial charge in [0.1, 0.15) is 0 Å². The Kier molecular flexibility index (Phi) is 17.0. The number of carbonyl (C=O) groups excluding carboxylic acids is 2. The molecule has 0 aliphatic carbocycles. The van der Waals surface area contributed by atoms with Crippen LogP contribution in [-0.4, -0.2) is 47.7 Å². The van der Waals surface area contributed by atoms with Gasteiger partial charge in [-0.05, 0) is 6.54 Å². The number of nitrogens with zero attached hydrogens (tertiary/aromatic N) is 1. The van der Waals surface area contributed by atoms with Crippen molar-refractivity contribution in [3.8, 4) is 0 Å². The molecule has 0 fully saturated rings. The molecule has 0 amide bonds. The number of rotatable bonds is 7. The Morgan fingerprint density at radius 3 is 2.06 bits per heavy atom. The van der Waals surface area contributed by atoms with Gasteiger partial charge >= 0.3 is 59.1 Å². The van der Waals surface area contributed by atoms with E-state index in [0.29, 0.717) is 6.54 Å². The van der Waals surface area contributed by atoms with Crippen LogP contribution in [0.1, 0.15) is 13.3 Å². The van der Waals surface area contributed by atoms with Crippen LogP contribution in [0.15, 0.2) is 0 Å². The van der Waals surface area contributed by atoms with E-state index in [-0.39, 0.29) is 72.3 Å². The van der Waals surface area contributed by atoms with Crippen LogP contribution in [-0.2, 0) is 9.59 Å². The average molecular weight is 249 g/mol. The molecule has 0 aliphatic heterocycles. The zero-order valence-corrected chi connectivity index (χ0v) is 13.9. The quantitative estimate of drug-likeness (QED) is 0.449. The molecule has 6 nitrogen and oxygen atoms in total. The zero-order chi connectivity index (χ0) is 11.1. The SMILES string of the molecule is CCN(CCO)C(CC(=O)[O-])C(=O)[O-].[Na+].[Na+]. The average Bonchev–Trinajstić information content (AvgIpc) is 2.10. The number of aliphatic carboxylic acids is 2. The first-order valence-corrected chi connectivity index (χ1v) is 4.28. The maximum Gasteiger partial charge on any atom is 1.00 e. The summed E-state index contributed by atoms with van der Waals surface area (Å²) in [4.78, 5) is 22.1. The van der Waals surface area contributed by atoms with Gasteiger partial charge < -0.3 is 24.9 Å².